The molecule has 13 nitrogen and oxygen atoms in total. The summed E-state index contributed by atoms with van der Waals surface area (Å²) in [5.74, 6) is 0.608. The van der Waals surface area contributed by atoms with E-state index in [0.717, 1.165) is 31.4 Å². The van der Waals surface area contributed by atoms with E-state index in [4.69, 9.17) is 24.1 Å². The summed E-state index contributed by atoms with van der Waals surface area (Å²) < 4.78 is 38.4. The number of halogens is 1. The number of nitrogens with zero attached hydrogens (tertiary/aromatic N) is 3. The Morgan fingerprint density at radius 3 is 2.82 bits per heavy atom. The standard InChI is InChI=1S/C30H33FN6O7/c31-19-12-32-20-2-4-25(44-23-14-41-13-21(23)35-28(39)40)37-26(20)18(19)5-6-30-9-7-29(8-10-30,16-43-30)33-11-17-1-3-22-27(34-17)36-24(38)15-42-22/h1-4,12,21,23,33,35H,5-11,13-16H2,(H,39,40)(H,34,36,38). The summed E-state index contributed by atoms with van der Waals surface area (Å²) in [6.45, 7) is 1.48. The fraction of sp³-hybridized carbons (Fsp3) is 0.500. The number of pyridine rings is 3. The molecule has 4 aliphatic heterocycles. The molecular formula is C30H33FN6O7. The molecule has 0 radical (unpaired) electrons. The molecule has 1 saturated carbocycles. The minimum atomic E-state index is -1.16. The Balaban J connectivity index is 0.992. The summed E-state index contributed by atoms with van der Waals surface area (Å²) >= 11 is 0. The fourth-order valence-corrected chi connectivity index (χ4v) is 6.53. The summed E-state index contributed by atoms with van der Waals surface area (Å²) in [7, 11) is 0. The van der Waals surface area contributed by atoms with Gasteiger partial charge in [-0.3, -0.25) is 9.78 Å². The molecule has 0 aromatic carbocycles. The third-order valence-electron chi connectivity index (χ3n) is 9.13. The summed E-state index contributed by atoms with van der Waals surface area (Å²) in [5.41, 5.74) is 1.71. The Bertz CT molecular complexity index is 1580. The molecular weight excluding hydrogens is 575 g/mol. The van der Waals surface area contributed by atoms with Crippen LogP contribution >= 0.6 is 0 Å². The van der Waals surface area contributed by atoms with Crippen molar-refractivity contribution in [3.05, 3.63) is 47.5 Å². The molecule has 3 aromatic rings. The van der Waals surface area contributed by atoms with Crippen LogP contribution in [0.25, 0.3) is 11.0 Å². The predicted octanol–water partition coefficient (Wildman–Crippen LogP) is 2.71. The minimum absolute atomic E-state index is 0.00476. The van der Waals surface area contributed by atoms with Gasteiger partial charge in [0.1, 0.15) is 11.9 Å². The van der Waals surface area contributed by atoms with Gasteiger partial charge in [-0.05, 0) is 56.7 Å². The maximum absolute atomic E-state index is 15.2. The molecule has 3 aromatic heterocycles. The van der Waals surface area contributed by atoms with Crippen LogP contribution in [0.2, 0.25) is 0 Å². The third-order valence-corrected chi connectivity index (χ3v) is 9.13. The van der Waals surface area contributed by atoms with Crippen LogP contribution in [0, 0.1) is 5.82 Å². The van der Waals surface area contributed by atoms with E-state index in [0.29, 0.717) is 54.2 Å². The Morgan fingerprint density at radius 1 is 1.16 bits per heavy atom. The fourth-order valence-electron chi connectivity index (χ4n) is 6.53. The van der Waals surface area contributed by atoms with Crippen molar-refractivity contribution < 1.29 is 38.0 Å². The minimum Gasteiger partial charge on any atom is -0.480 e. The molecule has 44 heavy (non-hydrogen) atoms. The van der Waals surface area contributed by atoms with Crippen LogP contribution in [0.5, 0.6) is 11.6 Å². The van der Waals surface area contributed by atoms with E-state index >= 15 is 4.39 Å². The van der Waals surface area contributed by atoms with Gasteiger partial charge in [-0.2, -0.15) is 0 Å². The zero-order valence-electron chi connectivity index (χ0n) is 23.9. The smallest absolute Gasteiger partial charge is 0.405 e. The van der Waals surface area contributed by atoms with Crippen molar-refractivity contribution in [3.63, 3.8) is 0 Å². The van der Waals surface area contributed by atoms with E-state index in [-0.39, 0.29) is 42.7 Å². The lowest BCUT2D eigenvalue weighted by molar-refractivity contribution is -0.165. The molecule has 7 heterocycles. The van der Waals surface area contributed by atoms with Crippen LogP contribution in [0.15, 0.2) is 30.5 Å². The number of aryl methyl sites for hydroxylation is 1. The second-order valence-electron chi connectivity index (χ2n) is 11.9. The van der Waals surface area contributed by atoms with E-state index in [1.54, 1.807) is 12.1 Å². The number of rotatable bonds is 9. The van der Waals surface area contributed by atoms with Crippen LogP contribution in [-0.4, -0.2) is 81.8 Å². The number of amides is 2. The highest BCUT2D eigenvalue weighted by Gasteiger charge is 2.49. The molecule has 2 atom stereocenters. The topological polar surface area (TPSA) is 166 Å². The van der Waals surface area contributed by atoms with E-state index < -0.39 is 24.1 Å². The number of hydrogen-bond acceptors (Lipinski definition) is 10. The Labute approximate surface area is 251 Å². The van der Waals surface area contributed by atoms with Crippen LogP contribution in [0.4, 0.5) is 15.0 Å². The van der Waals surface area contributed by atoms with Gasteiger partial charge in [0.25, 0.3) is 5.91 Å². The molecule has 1 aliphatic carbocycles. The van der Waals surface area contributed by atoms with Crippen LogP contribution in [0.1, 0.15) is 43.4 Å². The van der Waals surface area contributed by atoms with E-state index in [9.17, 15) is 9.59 Å². The second kappa shape index (κ2) is 11.4. The molecule has 232 valence electrons. The highest BCUT2D eigenvalue weighted by Crippen LogP contribution is 2.46. The molecule has 2 bridgehead atoms. The summed E-state index contributed by atoms with van der Waals surface area (Å²) in [4.78, 5) is 36.1. The zero-order chi connectivity index (χ0) is 30.3. The molecule has 4 N–H and O–H groups in total. The summed E-state index contributed by atoms with van der Waals surface area (Å²) in [6, 6.07) is 6.55. The van der Waals surface area contributed by atoms with Gasteiger partial charge in [0.15, 0.2) is 18.2 Å². The lowest BCUT2D eigenvalue weighted by Gasteiger charge is -2.53. The quantitative estimate of drug-likeness (QED) is 0.282. The molecule has 3 saturated heterocycles. The predicted molar refractivity (Wildman–Crippen MR) is 153 cm³/mol. The molecule has 0 spiro atoms. The van der Waals surface area contributed by atoms with Crippen molar-refractivity contribution >= 4 is 28.9 Å². The van der Waals surface area contributed by atoms with Crippen LogP contribution in [-0.2, 0) is 27.2 Å². The molecule has 5 aliphatic rings. The second-order valence-corrected chi connectivity index (χ2v) is 11.9. The van der Waals surface area contributed by atoms with Gasteiger partial charge in [-0.15, -0.1) is 0 Å². The average Bonchev–Trinajstić information content (AvgIpc) is 3.45. The number of carboxylic acid groups (broad SMARTS) is 1. The molecule has 14 heteroatoms. The Kier molecular flexibility index (Phi) is 7.42. The zero-order valence-corrected chi connectivity index (χ0v) is 23.9. The number of hydrogen-bond donors (Lipinski definition) is 4. The highest BCUT2D eigenvalue weighted by molar-refractivity contribution is 5.94. The normalized spacial score (nSPS) is 27.4. The maximum atomic E-state index is 15.2. The van der Waals surface area contributed by atoms with Crippen molar-refractivity contribution in [2.45, 2.75) is 68.4 Å². The van der Waals surface area contributed by atoms with Gasteiger partial charge in [0, 0.05) is 23.7 Å². The van der Waals surface area contributed by atoms with Crippen molar-refractivity contribution in [2.24, 2.45) is 0 Å². The van der Waals surface area contributed by atoms with Gasteiger partial charge < -0.3 is 40.0 Å². The highest BCUT2D eigenvalue weighted by atomic mass is 19.1. The Morgan fingerprint density at radius 2 is 2.02 bits per heavy atom. The lowest BCUT2D eigenvalue weighted by Crippen LogP contribution is -2.61. The van der Waals surface area contributed by atoms with Crippen molar-refractivity contribution in [1.82, 2.24) is 25.6 Å². The maximum Gasteiger partial charge on any atom is 0.405 e. The van der Waals surface area contributed by atoms with Gasteiger partial charge >= 0.3 is 6.09 Å². The first-order chi connectivity index (χ1) is 21.3. The first kappa shape index (κ1) is 28.6. The number of ether oxygens (including phenoxy) is 4. The number of aromatic nitrogens is 3. The molecule has 8 rings (SSSR count). The number of anilines is 1. The first-order valence-corrected chi connectivity index (χ1v) is 14.8. The van der Waals surface area contributed by atoms with Gasteiger partial charge in [-0.1, -0.05) is 0 Å². The van der Waals surface area contributed by atoms with Crippen molar-refractivity contribution in [2.75, 3.05) is 31.7 Å². The number of carbonyl (C=O) groups is 2. The molecule has 2 unspecified atom stereocenters. The number of fused-ring (bicyclic) bond motifs is 5. The summed E-state index contributed by atoms with van der Waals surface area (Å²) in [5, 5.41) is 17.9. The van der Waals surface area contributed by atoms with Crippen LogP contribution < -0.4 is 25.4 Å². The summed E-state index contributed by atoms with van der Waals surface area (Å²) in [6.07, 6.45) is 4.09. The number of nitrogens with one attached hydrogen (secondary N) is 3. The van der Waals surface area contributed by atoms with Crippen molar-refractivity contribution in [1.29, 1.82) is 0 Å². The van der Waals surface area contributed by atoms with E-state index in [1.807, 2.05) is 12.1 Å². The number of carbonyl (C=O) groups excluding carboxylic acids is 1. The van der Waals surface area contributed by atoms with Crippen LogP contribution in [0.3, 0.4) is 0 Å². The van der Waals surface area contributed by atoms with Gasteiger partial charge in [-0.25, -0.2) is 19.2 Å². The molecule has 4 fully saturated rings. The Hall–Kier alpha value is -4.14. The van der Waals surface area contributed by atoms with E-state index in [2.05, 4.69) is 30.9 Å². The molecule has 2 amide bonds. The monoisotopic (exact) mass is 608 g/mol. The first-order valence-electron chi connectivity index (χ1n) is 14.8. The van der Waals surface area contributed by atoms with E-state index in [1.165, 1.54) is 6.20 Å². The third kappa shape index (κ3) is 5.72. The average molecular weight is 609 g/mol. The van der Waals surface area contributed by atoms with Crippen molar-refractivity contribution in [3.8, 4) is 11.6 Å². The SMILES string of the molecule is O=C(O)NC1COCC1Oc1ccc2ncc(F)c(CCC34CCC(NCc5ccc6c(n5)NC(=O)CO6)(CC3)CO4)c2n1. The largest absolute Gasteiger partial charge is 0.480 e. The van der Waals surface area contributed by atoms with Gasteiger partial charge in [0.05, 0.1) is 54.4 Å². The van der Waals surface area contributed by atoms with Gasteiger partial charge in [0.2, 0.25) is 5.88 Å². The lowest BCUT2D eigenvalue weighted by atomic mass is 9.69.